The molecule has 3 N–H and O–H groups in total. The van der Waals surface area contributed by atoms with Crippen LogP contribution >= 0.6 is 0 Å². The summed E-state index contributed by atoms with van der Waals surface area (Å²) in [6, 6.07) is 16.7. The Morgan fingerprint density at radius 3 is 2.24 bits per heavy atom. The van der Waals surface area contributed by atoms with E-state index in [2.05, 4.69) is 10.2 Å². The lowest BCUT2D eigenvalue weighted by Crippen LogP contribution is -2.39. The summed E-state index contributed by atoms with van der Waals surface area (Å²) in [6.45, 7) is 3.82. The molecular formula is C16H20N2O2S. The lowest BCUT2D eigenvalue weighted by atomic mass is 10.0. The van der Waals surface area contributed by atoms with Gasteiger partial charge in [-0.25, -0.2) is 14.4 Å². The number of hydrogen-bond donors (Lipinski definition) is 3. The van der Waals surface area contributed by atoms with Crippen LogP contribution < -0.4 is 10.2 Å². The number of nitrogens with one attached hydrogen (secondary N) is 2. The van der Waals surface area contributed by atoms with Crippen LogP contribution in [0.2, 0.25) is 0 Å². The average Bonchev–Trinajstić information content (AvgIpc) is 2.53. The average molecular weight is 304 g/mol. The number of hydroxylamine groups is 1. The zero-order valence-corrected chi connectivity index (χ0v) is 12.9. The highest BCUT2D eigenvalue weighted by atomic mass is 32.2. The molecule has 2 rings (SSSR count). The van der Waals surface area contributed by atoms with Gasteiger partial charge in [-0.3, -0.25) is 0 Å². The first-order valence-corrected chi connectivity index (χ1v) is 7.96. The number of rotatable bonds is 6. The van der Waals surface area contributed by atoms with Crippen LogP contribution in [0, 0.1) is 6.92 Å². The zero-order valence-electron chi connectivity index (χ0n) is 12.1. The third kappa shape index (κ3) is 4.22. The van der Waals surface area contributed by atoms with Gasteiger partial charge in [0.05, 0.1) is 10.9 Å². The highest BCUT2D eigenvalue weighted by Crippen LogP contribution is 2.19. The molecule has 0 saturated heterocycles. The predicted molar refractivity (Wildman–Crippen MR) is 84.3 cm³/mol. The van der Waals surface area contributed by atoms with Gasteiger partial charge in [0.1, 0.15) is 11.0 Å². The Labute approximate surface area is 127 Å². The first-order valence-electron chi connectivity index (χ1n) is 6.81. The van der Waals surface area contributed by atoms with Crippen molar-refractivity contribution in [3.05, 3.63) is 65.7 Å². The Balaban J connectivity index is 2.19. The quantitative estimate of drug-likeness (QED) is 0.719. The Morgan fingerprint density at radius 1 is 1.05 bits per heavy atom. The summed E-state index contributed by atoms with van der Waals surface area (Å²) in [5.74, 6) is 0. The molecule has 0 aliphatic heterocycles. The van der Waals surface area contributed by atoms with E-state index in [1.54, 1.807) is 0 Å². The monoisotopic (exact) mass is 304 g/mol. The van der Waals surface area contributed by atoms with Gasteiger partial charge < -0.3 is 5.21 Å². The van der Waals surface area contributed by atoms with Gasteiger partial charge in [0.15, 0.2) is 0 Å². The lowest BCUT2D eigenvalue weighted by Gasteiger charge is -2.24. The Kier molecular flexibility index (Phi) is 5.64. The van der Waals surface area contributed by atoms with Crippen LogP contribution in [0.5, 0.6) is 0 Å². The van der Waals surface area contributed by atoms with Crippen LogP contribution in [-0.4, -0.2) is 15.5 Å². The molecule has 2 aromatic carbocycles. The van der Waals surface area contributed by atoms with E-state index in [4.69, 9.17) is 0 Å². The van der Waals surface area contributed by atoms with Gasteiger partial charge in [-0.1, -0.05) is 48.0 Å². The molecule has 0 heterocycles. The van der Waals surface area contributed by atoms with Crippen LogP contribution in [-0.2, 0) is 11.0 Å². The maximum atomic E-state index is 12.5. The van der Waals surface area contributed by atoms with E-state index in [1.807, 2.05) is 68.4 Å². The summed E-state index contributed by atoms with van der Waals surface area (Å²) >= 11 is 0. The van der Waals surface area contributed by atoms with Gasteiger partial charge in [0.2, 0.25) is 0 Å². The zero-order chi connectivity index (χ0) is 15.2. The molecule has 0 bridgehead atoms. The molecule has 1 unspecified atom stereocenters. The third-order valence-electron chi connectivity index (χ3n) is 3.33. The van der Waals surface area contributed by atoms with Crippen molar-refractivity contribution >= 4 is 11.0 Å². The fourth-order valence-corrected chi connectivity index (χ4v) is 3.13. The first kappa shape index (κ1) is 15.9. The van der Waals surface area contributed by atoms with Crippen molar-refractivity contribution in [2.24, 2.45) is 0 Å². The van der Waals surface area contributed by atoms with Gasteiger partial charge in [0, 0.05) is 6.04 Å². The second-order valence-electron chi connectivity index (χ2n) is 5.01. The summed E-state index contributed by atoms with van der Waals surface area (Å²) in [5.41, 5.74) is 4.32. The van der Waals surface area contributed by atoms with E-state index in [0.29, 0.717) is 4.90 Å². The van der Waals surface area contributed by atoms with Gasteiger partial charge in [-0.05, 0) is 31.5 Å². The smallest absolute Gasteiger partial charge is 0.125 e. The van der Waals surface area contributed by atoms with Crippen LogP contribution in [0.1, 0.15) is 24.1 Å². The molecule has 0 aromatic heterocycles. The summed E-state index contributed by atoms with van der Waals surface area (Å²) < 4.78 is 15.5. The lowest BCUT2D eigenvalue weighted by molar-refractivity contribution is 0.119. The Morgan fingerprint density at radius 2 is 1.67 bits per heavy atom. The molecule has 5 heteroatoms. The molecule has 0 saturated carbocycles. The summed E-state index contributed by atoms with van der Waals surface area (Å²) in [6.07, 6.45) is 0. The van der Waals surface area contributed by atoms with Gasteiger partial charge in [-0.2, -0.15) is 0 Å². The van der Waals surface area contributed by atoms with E-state index in [-0.39, 0.29) is 12.1 Å². The first-order chi connectivity index (χ1) is 10.1. The van der Waals surface area contributed by atoms with Crippen LogP contribution in [0.4, 0.5) is 0 Å². The molecule has 0 radical (unpaired) electrons. The molecule has 0 fully saturated rings. The summed E-state index contributed by atoms with van der Waals surface area (Å²) in [7, 11) is -1.35. The largest absolute Gasteiger partial charge is 0.316 e. The minimum atomic E-state index is -1.35. The second-order valence-corrected chi connectivity index (χ2v) is 6.25. The van der Waals surface area contributed by atoms with E-state index < -0.39 is 11.0 Å². The molecule has 2 aromatic rings. The van der Waals surface area contributed by atoms with Crippen molar-refractivity contribution in [2.45, 2.75) is 30.8 Å². The van der Waals surface area contributed by atoms with Crippen molar-refractivity contribution in [2.75, 3.05) is 0 Å². The van der Waals surface area contributed by atoms with Crippen molar-refractivity contribution < 1.29 is 9.42 Å². The van der Waals surface area contributed by atoms with Crippen LogP contribution in [0.15, 0.2) is 59.5 Å². The Hall–Kier alpha value is -1.53. The van der Waals surface area contributed by atoms with Gasteiger partial charge >= 0.3 is 0 Å². The summed E-state index contributed by atoms with van der Waals surface area (Å²) in [4.78, 5) is 0.715. The van der Waals surface area contributed by atoms with E-state index >= 15 is 0 Å². The Bertz CT molecular complexity index is 587. The molecular weight excluding hydrogens is 284 g/mol. The van der Waals surface area contributed by atoms with E-state index in [0.717, 1.165) is 11.1 Å². The SMILES string of the molecule is Cc1ccc(S(=O)N[C@@H](c2ccccc2)[C@@H](C)NO)cc1. The second kappa shape index (κ2) is 7.47. The van der Waals surface area contributed by atoms with Gasteiger partial charge in [0.25, 0.3) is 0 Å². The standard InChI is InChI=1S/C16H20N2O2S/c1-12-8-10-15(11-9-12)21(20)18-16(13(2)17-19)14-6-4-3-5-7-14/h3-11,13,16-19H,1-2H3/t13-,16-,21?/m1/s1. The minimum absolute atomic E-state index is 0.265. The minimum Gasteiger partial charge on any atom is -0.316 e. The molecule has 0 aliphatic rings. The van der Waals surface area contributed by atoms with Crippen molar-refractivity contribution in [3.8, 4) is 0 Å². The van der Waals surface area contributed by atoms with E-state index in [1.165, 1.54) is 0 Å². The van der Waals surface area contributed by atoms with Crippen molar-refractivity contribution in [1.29, 1.82) is 0 Å². The molecule has 0 amide bonds. The fraction of sp³-hybridized carbons (Fsp3) is 0.250. The molecule has 112 valence electrons. The molecule has 0 spiro atoms. The highest BCUT2D eigenvalue weighted by molar-refractivity contribution is 7.83. The molecule has 4 nitrogen and oxygen atoms in total. The predicted octanol–water partition coefficient (Wildman–Crippen LogP) is 2.72. The topological polar surface area (TPSA) is 61.4 Å². The summed E-state index contributed by atoms with van der Waals surface area (Å²) in [5, 5.41) is 9.20. The molecule has 21 heavy (non-hydrogen) atoms. The normalized spacial score (nSPS) is 15.4. The fourth-order valence-electron chi connectivity index (χ4n) is 2.04. The van der Waals surface area contributed by atoms with Gasteiger partial charge in [-0.15, -0.1) is 0 Å². The van der Waals surface area contributed by atoms with Crippen LogP contribution in [0.3, 0.4) is 0 Å². The van der Waals surface area contributed by atoms with Crippen molar-refractivity contribution in [1.82, 2.24) is 10.2 Å². The maximum absolute atomic E-state index is 12.5. The van der Waals surface area contributed by atoms with Crippen molar-refractivity contribution in [3.63, 3.8) is 0 Å². The van der Waals surface area contributed by atoms with Crippen LogP contribution in [0.25, 0.3) is 0 Å². The molecule has 0 aliphatic carbocycles. The highest BCUT2D eigenvalue weighted by Gasteiger charge is 2.21. The molecule has 3 atom stereocenters. The number of benzene rings is 2. The third-order valence-corrected chi connectivity index (χ3v) is 4.50. The maximum Gasteiger partial charge on any atom is 0.125 e. The number of hydrogen-bond acceptors (Lipinski definition) is 3. The van der Waals surface area contributed by atoms with E-state index in [9.17, 15) is 9.42 Å². The number of aryl methyl sites for hydroxylation is 1.